The molecule has 10 amide bonds. The lowest BCUT2D eigenvalue weighted by atomic mass is 9.92. The molecule has 1 heterocycles. The highest BCUT2D eigenvalue weighted by Gasteiger charge is 2.44. The van der Waals surface area contributed by atoms with Crippen LogP contribution in [0.3, 0.4) is 0 Å². The van der Waals surface area contributed by atoms with E-state index in [-0.39, 0.29) is 98.8 Å². The van der Waals surface area contributed by atoms with Crippen molar-refractivity contribution in [3.8, 4) is 0 Å². The second kappa shape index (κ2) is 38.9. The second-order valence-corrected chi connectivity index (χ2v) is 28.8. The van der Waals surface area contributed by atoms with E-state index in [1.807, 2.05) is 67.5 Å². The van der Waals surface area contributed by atoms with Gasteiger partial charge in [-0.3, -0.25) is 52.7 Å². The van der Waals surface area contributed by atoms with Crippen LogP contribution in [0.1, 0.15) is 221 Å². The van der Waals surface area contributed by atoms with Crippen LogP contribution < -0.4 is 47.9 Å². The number of likely N-dealkylation sites (tertiary alicyclic amines) is 1. The Bertz CT molecular complexity index is 2360. The summed E-state index contributed by atoms with van der Waals surface area (Å²) in [4.78, 5) is 156. The average Bonchev–Trinajstić information content (AvgIpc) is 1.51. The summed E-state index contributed by atoms with van der Waals surface area (Å²) in [7, 11) is 3.78. The molecule has 1 fully saturated rings. The summed E-state index contributed by atoms with van der Waals surface area (Å²) in [5.74, 6) is -8.36. The van der Waals surface area contributed by atoms with Crippen molar-refractivity contribution in [3.05, 3.63) is 0 Å². The largest absolute Gasteiger partial charge is 0.393 e. The maximum atomic E-state index is 14.7. The Hall–Kier alpha value is -5.75. The van der Waals surface area contributed by atoms with Gasteiger partial charge in [-0.15, -0.1) is 0 Å². The second-order valence-electron chi connectivity index (χ2n) is 28.8. The number of aliphatic hydroxyl groups is 2. The monoisotopic (exact) mass is 1280 g/mol. The van der Waals surface area contributed by atoms with Crippen LogP contribution in [0.4, 0.5) is 0 Å². The third kappa shape index (κ3) is 29.7. The molecule has 0 bridgehead atoms. The van der Waals surface area contributed by atoms with Crippen LogP contribution in [0.5, 0.6) is 0 Å². The van der Waals surface area contributed by atoms with Gasteiger partial charge in [0.15, 0.2) is 0 Å². The Kier molecular flexibility index (Phi) is 35.6. The number of nitrogens with one attached hydrogen (secondary N) is 9. The molecule has 1 aliphatic heterocycles. The molecule has 90 heavy (non-hydrogen) atoms. The number of ketones is 1. The van der Waals surface area contributed by atoms with Gasteiger partial charge in [-0.05, 0) is 131 Å². The Labute approximate surface area is 538 Å². The highest BCUT2D eigenvalue weighted by molar-refractivity contribution is 6.00. The fourth-order valence-electron chi connectivity index (χ4n) is 10.9. The number of carbonyl (C=O) groups excluding carboxylic acids is 11. The lowest BCUT2D eigenvalue weighted by Crippen LogP contribution is -2.66. The minimum atomic E-state index is -1.82. The maximum Gasteiger partial charge on any atom is 0.246 e. The molecule has 0 aliphatic carbocycles. The Morgan fingerprint density at radius 3 is 1.67 bits per heavy atom. The maximum absolute atomic E-state index is 14.7. The third-order valence-corrected chi connectivity index (χ3v) is 16.3. The van der Waals surface area contributed by atoms with Gasteiger partial charge in [0.2, 0.25) is 59.1 Å². The smallest absolute Gasteiger partial charge is 0.246 e. The number of rotatable bonds is 42. The molecule has 1 aliphatic rings. The molecule has 1 rings (SSSR count). The van der Waals surface area contributed by atoms with Crippen molar-refractivity contribution in [2.75, 3.05) is 33.7 Å². The van der Waals surface area contributed by atoms with Gasteiger partial charge in [0, 0.05) is 50.9 Å². The molecule has 0 aromatic carbocycles. The van der Waals surface area contributed by atoms with Crippen LogP contribution in [-0.4, -0.2) is 184 Å². The summed E-state index contributed by atoms with van der Waals surface area (Å²) in [6, 6.07) is -6.55. The molecule has 11 N–H and O–H groups in total. The summed E-state index contributed by atoms with van der Waals surface area (Å²) in [6.45, 7) is 31.4. The number of hydrogen-bond acceptors (Lipinski definition) is 14. The number of hydrogen-bond donors (Lipinski definition) is 11. The molecule has 0 aromatic heterocycles. The van der Waals surface area contributed by atoms with Crippen molar-refractivity contribution in [2.24, 2.45) is 35.5 Å². The van der Waals surface area contributed by atoms with E-state index in [0.717, 1.165) is 38.5 Å². The van der Waals surface area contributed by atoms with E-state index in [2.05, 4.69) is 54.8 Å². The molecule has 0 spiro atoms. The van der Waals surface area contributed by atoms with Gasteiger partial charge in [-0.2, -0.15) is 0 Å². The third-order valence-electron chi connectivity index (χ3n) is 16.3. The molecule has 24 nitrogen and oxygen atoms in total. The van der Waals surface area contributed by atoms with Crippen molar-refractivity contribution in [2.45, 2.75) is 286 Å². The number of unbranched alkanes of at least 4 members (excludes halogenated alkanes) is 5. The lowest BCUT2D eigenvalue weighted by molar-refractivity contribution is -0.142. The zero-order chi connectivity index (χ0) is 69.2. The number of carbonyl (C=O) groups is 11. The molecule has 11 atom stereocenters. The minimum absolute atomic E-state index is 0.00958. The van der Waals surface area contributed by atoms with Gasteiger partial charge >= 0.3 is 0 Å². The average molecular weight is 1280 g/mol. The standard InChI is InChI=1S/C66H121N11O13/c1-21-23-24-25-26-27-28-44(11)60(87)77-37-43(10)35-51(77)58(85)70-50(34-42(9)33-47(79)36-46(78)22-2)56(83)72-53(54(81)41(7)8)59(86)74-65(15,16)62(89)71-48(31-39(3)4)55(82)69-49(32-40(5)6)57(84)73-66(17,18)63(90)75-64(13,14)61(88)67-30-29-52(80)68-45(12)38-76(19)20/h39-45,47-51,53-54,79,81H,21-38H2,1-20H3,(H,67,88)(H,68,80)(H,69,82)(H,70,85)(H,71,89)(H,72,83)(H,73,84)(H,74,86)(H,75,90)/t42-,43+,44?,45+,47+,48+,49+,50?,51+,53+,54-/m1/s1. The highest BCUT2D eigenvalue weighted by atomic mass is 16.3. The van der Waals surface area contributed by atoms with E-state index >= 15 is 0 Å². The van der Waals surface area contributed by atoms with Crippen LogP contribution in [0.15, 0.2) is 0 Å². The fraction of sp³-hybridized carbons (Fsp3) is 0.833. The van der Waals surface area contributed by atoms with Crippen LogP contribution in [-0.2, 0) is 52.7 Å². The molecule has 0 aromatic rings. The van der Waals surface area contributed by atoms with E-state index in [1.165, 1.54) is 41.5 Å². The van der Waals surface area contributed by atoms with Gasteiger partial charge in [-0.25, -0.2) is 0 Å². The lowest BCUT2D eigenvalue weighted by Gasteiger charge is -2.34. The Morgan fingerprint density at radius 2 is 1.11 bits per heavy atom. The molecule has 518 valence electrons. The highest BCUT2D eigenvalue weighted by Crippen LogP contribution is 2.28. The fourth-order valence-corrected chi connectivity index (χ4v) is 10.9. The molecule has 0 saturated carbocycles. The van der Waals surface area contributed by atoms with E-state index < -0.39 is 118 Å². The molecule has 24 heteroatoms. The molecular weight excluding hydrogens is 1150 g/mol. The number of likely N-dealkylation sites (N-methyl/N-ethyl adjacent to an activating group) is 1. The van der Waals surface area contributed by atoms with E-state index in [1.54, 1.807) is 32.6 Å². The van der Waals surface area contributed by atoms with Gasteiger partial charge in [0.05, 0.1) is 12.2 Å². The van der Waals surface area contributed by atoms with Gasteiger partial charge < -0.3 is 67.9 Å². The predicted octanol–water partition coefficient (Wildman–Crippen LogP) is 4.06. The van der Waals surface area contributed by atoms with Crippen LogP contribution in [0, 0.1) is 35.5 Å². The number of nitrogens with zero attached hydrogens (tertiary/aromatic N) is 2. The van der Waals surface area contributed by atoms with Gasteiger partial charge in [0.25, 0.3) is 0 Å². The van der Waals surface area contributed by atoms with Crippen molar-refractivity contribution < 1.29 is 63.0 Å². The predicted molar refractivity (Wildman–Crippen MR) is 349 cm³/mol. The van der Waals surface area contributed by atoms with Crippen LogP contribution in [0.25, 0.3) is 0 Å². The van der Waals surface area contributed by atoms with Gasteiger partial charge in [-0.1, -0.05) is 115 Å². The summed E-state index contributed by atoms with van der Waals surface area (Å²) in [5, 5.41) is 47.0. The summed E-state index contributed by atoms with van der Waals surface area (Å²) in [6.07, 6.45) is 5.19. The SMILES string of the molecule is CCCCCCCCC(C)C(=O)N1C[C@@H](C)C[C@H]1C(=O)NC(C[C@H](C)C[C@H](O)CC(=O)CC)C(=O)N[C@H](C(=O)NC(C)(C)C(=O)N[C@@H](CC(C)C)C(=O)N[C@@H](CC(C)C)C(=O)NC(C)(C)C(=O)NC(C)(C)C(=O)NCCC(=O)N[C@@H](C)CN(C)C)[C@H](O)C(C)C. The van der Waals surface area contributed by atoms with Crippen LogP contribution in [0.2, 0.25) is 0 Å². The van der Waals surface area contributed by atoms with Crippen molar-refractivity contribution in [3.63, 3.8) is 0 Å². The molecule has 2 unspecified atom stereocenters. The van der Waals surface area contributed by atoms with E-state index in [0.29, 0.717) is 25.9 Å². The topological polar surface area (TPSA) is 343 Å². The molecular formula is C66H121N11O13. The van der Waals surface area contributed by atoms with E-state index in [4.69, 9.17) is 0 Å². The van der Waals surface area contributed by atoms with Crippen molar-refractivity contribution in [1.29, 1.82) is 0 Å². The normalized spacial score (nSPS) is 17.6. The summed E-state index contributed by atoms with van der Waals surface area (Å²) in [5.41, 5.74) is -4.92. The zero-order valence-corrected chi connectivity index (χ0v) is 58.6. The summed E-state index contributed by atoms with van der Waals surface area (Å²) < 4.78 is 0. The first-order chi connectivity index (χ1) is 41.6. The summed E-state index contributed by atoms with van der Waals surface area (Å²) >= 11 is 0. The molecule has 0 radical (unpaired) electrons. The number of amides is 10. The zero-order valence-electron chi connectivity index (χ0n) is 58.6. The quantitative estimate of drug-likeness (QED) is 0.0384. The van der Waals surface area contributed by atoms with Crippen LogP contribution >= 0.6 is 0 Å². The van der Waals surface area contributed by atoms with Crippen molar-refractivity contribution in [1.82, 2.24) is 57.7 Å². The molecule has 1 saturated heterocycles. The Balaban J connectivity index is 3.44. The first-order valence-electron chi connectivity index (χ1n) is 33.2. The Morgan fingerprint density at radius 1 is 0.589 bits per heavy atom. The van der Waals surface area contributed by atoms with Gasteiger partial charge in [0.1, 0.15) is 52.6 Å². The van der Waals surface area contributed by atoms with E-state index in [9.17, 15) is 63.0 Å². The number of aliphatic hydroxyl groups excluding tert-OH is 2. The first kappa shape index (κ1) is 82.3. The first-order valence-corrected chi connectivity index (χ1v) is 33.2. The minimum Gasteiger partial charge on any atom is -0.393 e. The number of Topliss-reactive ketones (excluding diaryl/α,β-unsaturated/α-hetero) is 1. The van der Waals surface area contributed by atoms with Crippen molar-refractivity contribution >= 4 is 64.9 Å².